The van der Waals surface area contributed by atoms with Gasteiger partial charge in [0.15, 0.2) is 0 Å². The van der Waals surface area contributed by atoms with Crippen molar-refractivity contribution in [2.45, 2.75) is 13.0 Å². The molecule has 1 heterocycles. The van der Waals surface area contributed by atoms with Gasteiger partial charge in [-0.2, -0.15) is 0 Å². The average Bonchev–Trinajstić information content (AvgIpc) is 2.80. The Morgan fingerprint density at radius 2 is 2.10 bits per heavy atom. The Labute approximate surface area is 119 Å². The van der Waals surface area contributed by atoms with E-state index in [2.05, 4.69) is 30.8 Å². The zero-order valence-electron chi connectivity index (χ0n) is 12.5. The lowest BCUT2D eigenvalue weighted by atomic mass is 10.1. The van der Waals surface area contributed by atoms with Crippen LogP contribution in [-0.2, 0) is 0 Å². The van der Waals surface area contributed by atoms with Crippen LogP contribution in [0.5, 0.6) is 5.75 Å². The Hall–Kier alpha value is -1.75. The van der Waals surface area contributed by atoms with Gasteiger partial charge >= 0.3 is 5.97 Å². The van der Waals surface area contributed by atoms with E-state index < -0.39 is 5.97 Å². The number of methoxy groups -OCH3 is 1. The van der Waals surface area contributed by atoms with Gasteiger partial charge < -0.3 is 19.6 Å². The van der Waals surface area contributed by atoms with Crippen molar-refractivity contribution in [3.63, 3.8) is 0 Å². The molecule has 0 aromatic heterocycles. The van der Waals surface area contributed by atoms with Gasteiger partial charge in [0.05, 0.1) is 18.4 Å². The topological polar surface area (TPSA) is 53.0 Å². The molecule has 2 rings (SSSR count). The summed E-state index contributed by atoms with van der Waals surface area (Å²) in [6.07, 6.45) is 0. The SMILES string of the molecule is COc1ccc(C(=O)O)c(N2CC(C)C(N(C)C)C2)c1. The summed E-state index contributed by atoms with van der Waals surface area (Å²) in [5.74, 6) is 0.285. The van der Waals surface area contributed by atoms with E-state index in [1.807, 2.05) is 6.07 Å². The molecular weight excluding hydrogens is 256 g/mol. The maximum Gasteiger partial charge on any atom is 0.337 e. The molecule has 1 aliphatic heterocycles. The van der Waals surface area contributed by atoms with E-state index >= 15 is 0 Å². The number of hydrogen-bond acceptors (Lipinski definition) is 4. The van der Waals surface area contributed by atoms with Crippen LogP contribution in [0.4, 0.5) is 5.69 Å². The third kappa shape index (κ3) is 2.72. The van der Waals surface area contributed by atoms with Crippen molar-refractivity contribution >= 4 is 11.7 Å². The second-order valence-electron chi connectivity index (χ2n) is 5.60. The molecule has 0 aliphatic carbocycles. The second-order valence-corrected chi connectivity index (χ2v) is 5.60. The Morgan fingerprint density at radius 3 is 2.60 bits per heavy atom. The third-order valence-corrected chi connectivity index (χ3v) is 4.01. The molecule has 1 aliphatic rings. The lowest BCUT2D eigenvalue weighted by Crippen LogP contribution is -2.34. The van der Waals surface area contributed by atoms with Gasteiger partial charge in [-0.1, -0.05) is 6.92 Å². The Morgan fingerprint density at radius 1 is 1.40 bits per heavy atom. The molecule has 20 heavy (non-hydrogen) atoms. The minimum Gasteiger partial charge on any atom is -0.497 e. The monoisotopic (exact) mass is 278 g/mol. The summed E-state index contributed by atoms with van der Waals surface area (Å²) in [6, 6.07) is 5.55. The van der Waals surface area contributed by atoms with Crippen molar-refractivity contribution in [2.75, 3.05) is 39.2 Å². The molecule has 1 saturated heterocycles. The van der Waals surface area contributed by atoms with Crippen LogP contribution in [-0.4, -0.2) is 56.3 Å². The fourth-order valence-electron chi connectivity index (χ4n) is 2.90. The minimum absolute atomic E-state index is 0.331. The zero-order chi connectivity index (χ0) is 14.9. The lowest BCUT2D eigenvalue weighted by Gasteiger charge is -2.24. The lowest BCUT2D eigenvalue weighted by molar-refractivity contribution is 0.0697. The number of carboxylic acids is 1. The number of likely N-dealkylation sites (N-methyl/N-ethyl adjacent to an activating group) is 1. The first-order chi connectivity index (χ1) is 9.43. The van der Waals surface area contributed by atoms with Crippen molar-refractivity contribution in [2.24, 2.45) is 5.92 Å². The fourth-order valence-corrected chi connectivity index (χ4v) is 2.90. The molecule has 0 spiro atoms. The first kappa shape index (κ1) is 14.7. The van der Waals surface area contributed by atoms with Crippen LogP contribution in [0.3, 0.4) is 0 Å². The number of nitrogens with zero attached hydrogens (tertiary/aromatic N) is 2. The highest BCUT2D eigenvalue weighted by Gasteiger charge is 2.32. The summed E-state index contributed by atoms with van der Waals surface area (Å²) in [5.41, 5.74) is 1.07. The van der Waals surface area contributed by atoms with Crippen molar-refractivity contribution < 1.29 is 14.6 Å². The molecular formula is C15H22N2O3. The normalized spacial score (nSPS) is 22.4. The Balaban J connectivity index is 2.34. The molecule has 2 atom stereocenters. The van der Waals surface area contributed by atoms with E-state index in [0.29, 0.717) is 23.3 Å². The van der Waals surface area contributed by atoms with Crippen LogP contribution in [0.15, 0.2) is 18.2 Å². The number of rotatable bonds is 4. The van der Waals surface area contributed by atoms with E-state index in [0.717, 1.165) is 18.8 Å². The number of hydrogen-bond donors (Lipinski definition) is 1. The van der Waals surface area contributed by atoms with Crippen molar-refractivity contribution in [3.05, 3.63) is 23.8 Å². The van der Waals surface area contributed by atoms with Crippen molar-refractivity contribution in [3.8, 4) is 5.75 Å². The van der Waals surface area contributed by atoms with Gasteiger partial charge in [-0.3, -0.25) is 0 Å². The highest BCUT2D eigenvalue weighted by molar-refractivity contribution is 5.95. The Bertz CT molecular complexity index is 502. The quantitative estimate of drug-likeness (QED) is 0.910. The highest BCUT2D eigenvalue weighted by Crippen LogP contribution is 2.31. The average molecular weight is 278 g/mol. The molecule has 1 fully saturated rings. The van der Waals surface area contributed by atoms with Crippen LogP contribution in [0, 0.1) is 5.92 Å². The van der Waals surface area contributed by atoms with Crippen LogP contribution in [0.25, 0.3) is 0 Å². The van der Waals surface area contributed by atoms with E-state index in [9.17, 15) is 9.90 Å². The van der Waals surface area contributed by atoms with Crippen LogP contribution in [0.1, 0.15) is 17.3 Å². The first-order valence-corrected chi connectivity index (χ1v) is 6.76. The van der Waals surface area contributed by atoms with Gasteiger partial charge in [-0.15, -0.1) is 0 Å². The minimum atomic E-state index is -0.899. The van der Waals surface area contributed by atoms with Crippen LogP contribution in [0.2, 0.25) is 0 Å². The standard InChI is InChI=1S/C15H22N2O3/c1-10-8-17(9-14(10)16(2)3)13-7-11(20-4)5-6-12(13)15(18)19/h5-7,10,14H,8-9H2,1-4H3,(H,18,19). The van der Waals surface area contributed by atoms with E-state index in [1.165, 1.54) is 0 Å². The molecule has 2 unspecified atom stereocenters. The molecule has 1 aromatic rings. The van der Waals surface area contributed by atoms with Gasteiger partial charge in [0.1, 0.15) is 5.75 Å². The summed E-state index contributed by atoms with van der Waals surface area (Å²) < 4.78 is 5.22. The smallest absolute Gasteiger partial charge is 0.337 e. The maximum absolute atomic E-state index is 11.4. The van der Waals surface area contributed by atoms with Gasteiger partial charge in [-0.05, 0) is 32.1 Å². The highest BCUT2D eigenvalue weighted by atomic mass is 16.5. The zero-order valence-corrected chi connectivity index (χ0v) is 12.5. The largest absolute Gasteiger partial charge is 0.497 e. The summed E-state index contributed by atoms with van der Waals surface area (Å²) >= 11 is 0. The molecule has 110 valence electrons. The summed E-state index contributed by atoms with van der Waals surface area (Å²) in [6.45, 7) is 3.89. The number of anilines is 1. The van der Waals surface area contributed by atoms with E-state index in [1.54, 1.807) is 19.2 Å². The fraction of sp³-hybridized carbons (Fsp3) is 0.533. The molecule has 0 bridgehead atoms. The van der Waals surface area contributed by atoms with E-state index in [-0.39, 0.29) is 0 Å². The predicted molar refractivity (Wildman–Crippen MR) is 78.8 cm³/mol. The van der Waals surface area contributed by atoms with Crippen LogP contribution >= 0.6 is 0 Å². The molecule has 0 amide bonds. The van der Waals surface area contributed by atoms with Gasteiger partial charge in [-0.25, -0.2) is 4.79 Å². The molecule has 0 radical (unpaired) electrons. The van der Waals surface area contributed by atoms with Gasteiger partial charge in [0.25, 0.3) is 0 Å². The number of carboxylic acid groups (broad SMARTS) is 1. The number of benzene rings is 1. The van der Waals surface area contributed by atoms with Crippen molar-refractivity contribution in [1.29, 1.82) is 0 Å². The predicted octanol–water partition coefficient (Wildman–Crippen LogP) is 1.78. The molecule has 5 heteroatoms. The second kappa shape index (κ2) is 5.71. The van der Waals surface area contributed by atoms with Gasteiger partial charge in [0, 0.05) is 25.2 Å². The molecule has 5 nitrogen and oxygen atoms in total. The maximum atomic E-state index is 11.4. The van der Waals surface area contributed by atoms with E-state index in [4.69, 9.17) is 4.74 Å². The summed E-state index contributed by atoms with van der Waals surface area (Å²) in [7, 11) is 5.72. The molecule has 0 saturated carbocycles. The van der Waals surface area contributed by atoms with Gasteiger partial charge in [0.2, 0.25) is 0 Å². The van der Waals surface area contributed by atoms with Crippen molar-refractivity contribution in [1.82, 2.24) is 4.90 Å². The number of aromatic carboxylic acids is 1. The first-order valence-electron chi connectivity index (χ1n) is 6.76. The van der Waals surface area contributed by atoms with Crippen LogP contribution < -0.4 is 9.64 Å². The third-order valence-electron chi connectivity index (χ3n) is 4.01. The number of carbonyl (C=O) groups is 1. The Kier molecular flexibility index (Phi) is 4.18. The molecule has 1 N–H and O–H groups in total. The number of ether oxygens (including phenoxy) is 1. The summed E-state index contributed by atoms with van der Waals surface area (Å²) in [4.78, 5) is 15.7. The summed E-state index contributed by atoms with van der Waals surface area (Å²) in [5, 5.41) is 9.35. The molecule has 1 aromatic carbocycles.